The highest BCUT2D eigenvalue weighted by molar-refractivity contribution is 5.01. The molecule has 0 bridgehead atoms. The molecule has 0 aliphatic carbocycles. The molecule has 0 saturated heterocycles. The molecular formula is C9H12O. The molecule has 10 heavy (non-hydrogen) atoms. The van der Waals surface area contributed by atoms with E-state index in [1.807, 2.05) is 31.2 Å². The van der Waals surface area contributed by atoms with Gasteiger partial charge in [-0.1, -0.05) is 30.2 Å². The van der Waals surface area contributed by atoms with Crippen molar-refractivity contribution >= 4 is 0 Å². The maximum Gasteiger partial charge on any atom is 0.107 e. The molecule has 0 radical (unpaired) electrons. The number of hydrogen-bond acceptors (Lipinski definition) is 1. The predicted molar refractivity (Wildman–Crippen MR) is 43.6 cm³/mol. The quantitative estimate of drug-likeness (QED) is 0.325. The first kappa shape index (κ1) is 9.00. The molecule has 54 valence electrons. The number of hydrogen-bond donors (Lipinski definition) is 0. The summed E-state index contributed by atoms with van der Waals surface area (Å²) in [6.07, 6.45) is 12.7. The Labute approximate surface area is 62.4 Å². The lowest BCUT2D eigenvalue weighted by Gasteiger charge is -1.89. The van der Waals surface area contributed by atoms with Crippen LogP contribution in [-0.4, -0.2) is 13.2 Å². The molecule has 0 N–H and O–H groups in total. The SMILES string of the molecule is C#CCOCC=CC=CC. The summed E-state index contributed by atoms with van der Waals surface area (Å²) < 4.78 is 4.97. The van der Waals surface area contributed by atoms with E-state index in [-0.39, 0.29) is 0 Å². The zero-order valence-electron chi connectivity index (χ0n) is 6.21. The predicted octanol–water partition coefficient (Wildman–Crippen LogP) is 1.77. The maximum absolute atomic E-state index is 4.97. The molecule has 0 rings (SSSR count). The van der Waals surface area contributed by atoms with Crippen molar-refractivity contribution in [1.29, 1.82) is 0 Å². The van der Waals surface area contributed by atoms with Crippen LogP contribution in [-0.2, 0) is 4.74 Å². The largest absolute Gasteiger partial charge is 0.365 e. The number of ether oxygens (including phenoxy) is 1. The normalized spacial score (nSPS) is 10.8. The highest BCUT2D eigenvalue weighted by Crippen LogP contribution is 1.78. The minimum Gasteiger partial charge on any atom is -0.365 e. The van der Waals surface area contributed by atoms with Crippen LogP contribution in [0.4, 0.5) is 0 Å². The van der Waals surface area contributed by atoms with E-state index < -0.39 is 0 Å². The van der Waals surface area contributed by atoms with Crippen molar-refractivity contribution in [2.24, 2.45) is 0 Å². The van der Waals surface area contributed by atoms with Gasteiger partial charge >= 0.3 is 0 Å². The van der Waals surface area contributed by atoms with Crippen molar-refractivity contribution < 1.29 is 4.74 Å². The van der Waals surface area contributed by atoms with Gasteiger partial charge in [0.1, 0.15) is 6.61 Å². The Hall–Kier alpha value is -1.00. The molecule has 0 heterocycles. The van der Waals surface area contributed by atoms with Gasteiger partial charge in [-0.25, -0.2) is 0 Å². The minimum absolute atomic E-state index is 0.389. The zero-order chi connectivity index (χ0) is 7.66. The fourth-order valence-electron chi connectivity index (χ4n) is 0.431. The molecule has 0 unspecified atom stereocenters. The Balaban J connectivity index is 3.12. The fraction of sp³-hybridized carbons (Fsp3) is 0.333. The Kier molecular flexibility index (Phi) is 7.20. The van der Waals surface area contributed by atoms with E-state index in [4.69, 9.17) is 11.2 Å². The average Bonchev–Trinajstić information content (AvgIpc) is 1.97. The minimum atomic E-state index is 0.389. The van der Waals surface area contributed by atoms with E-state index in [2.05, 4.69) is 5.92 Å². The van der Waals surface area contributed by atoms with Gasteiger partial charge in [-0.05, 0) is 6.92 Å². The topological polar surface area (TPSA) is 9.23 Å². The second-order valence-corrected chi connectivity index (χ2v) is 1.67. The Morgan fingerprint density at radius 1 is 1.50 bits per heavy atom. The molecule has 0 fully saturated rings. The van der Waals surface area contributed by atoms with Gasteiger partial charge in [-0.15, -0.1) is 6.42 Å². The van der Waals surface area contributed by atoms with Crippen molar-refractivity contribution in [2.45, 2.75) is 6.92 Å². The molecule has 0 spiro atoms. The molecule has 0 amide bonds. The van der Waals surface area contributed by atoms with E-state index in [0.29, 0.717) is 13.2 Å². The molecule has 1 heteroatoms. The van der Waals surface area contributed by atoms with E-state index in [0.717, 1.165) is 0 Å². The summed E-state index contributed by atoms with van der Waals surface area (Å²) >= 11 is 0. The standard InChI is InChI=1S/C9H12O/c1-3-5-6-7-9-10-8-4-2/h2-3,5-7H,8-9H2,1H3. The third-order valence-corrected chi connectivity index (χ3v) is 0.839. The lowest BCUT2D eigenvalue weighted by molar-refractivity contribution is 0.199. The van der Waals surface area contributed by atoms with Crippen molar-refractivity contribution in [3.05, 3.63) is 24.3 Å². The molecule has 0 aromatic rings. The lowest BCUT2D eigenvalue weighted by atomic mass is 10.4. The second kappa shape index (κ2) is 8.00. The van der Waals surface area contributed by atoms with E-state index in [9.17, 15) is 0 Å². The van der Waals surface area contributed by atoms with Gasteiger partial charge in [0.25, 0.3) is 0 Å². The lowest BCUT2D eigenvalue weighted by Crippen LogP contribution is -1.89. The summed E-state index contributed by atoms with van der Waals surface area (Å²) in [6, 6.07) is 0. The summed E-state index contributed by atoms with van der Waals surface area (Å²) in [5, 5.41) is 0. The van der Waals surface area contributed by atoms with Gasteiger partial charge in [0.15, 0.2) is 0 Å². The monoisotopic (exact) mass is 136 g/mol. The summed E-state index contributed by atoms with van der Waals surface area (Å²) in [7, 11) is 0. The molecule has 0 aliphatic rings. The van der Waals surface area contributed by atoms with Crippen LogP contribution >= 0.6 is 0 Å². The van der Waals surface area contributed by atoms with Gasteiger partial charge in [-0.3, -0.25) is 0 Å². The highest BCUT2D eigenvalue weighted by Gasteiger charge is 1.73. The summed E-state index contributed by atoms with van der Waals surface area (Å²) in [6.45, 7) is 2.95. The molecular weight excluding hydrogens is 124 g/mol. The van der Waals surface area contributed by atoms with Crippen LogP contribution in [0.25, 0.3) is 0 Å². The van der Waals surface area contributed by atoms with E-state index >= 15 is 0 Å². The third kappa shape index (κ3) is 7.00. The molecule has 0 aromatic heterocycles. The van der Waals surface area contributed by atoms with E-state index in [1.165, 1.54) is 0 Å². The van der Waals surface area contributed by atoms with Crippen LogP contribution in [0.2, 0.25) is 0 Å². The van der Waals surface area contributed by atoms with Crippen LogP contribution < -0.4 is 0 Å². The highest BCUT2D eigenvalue weighted by atomic mass is 16.5. The average molecular weight is 136 g/mol. The first-order chi connectivity index (χ1) is 4.91. The summed E-state index contributed by atoms with van der Waals surface area (Å²) in [4.78, 5) is 0. The summed E-state index contributed by atoms with van der Waals surface area (Å²) in [5.41, 5.74) is 0. The third-order valence-electron chi connectivity index (χ3n) is 0.839. The van der Waals surface area contributed by atoms with Gasteiger partial charge < -0.3 is 4.74 Å². The van der Waals surface area contributed by atoms with Gasteiger partial charge in [0, 0.05) is 0 Å². The molecule has 0 aromatic carbocycles. The fourth-order valence-corrected chi connectivity index (χ4v) is 0.431. The first-order valence-corrected chi connectivity index (χ1v) is 3.21. The van der Waals surface area contributed by atoms with Crippen LogP contribution in [0.1, 0.15) is 6.92 Å². The number of rotatable bonds is 4. The van der Waals surface area contributed by atoms with Crippen molar-refractivity contribution in [3.8, 4) is 12.3 Å². The van der Waals surface area contributed by atoms with Gasteiger partial charge in [-0.2, -0.15) is 0 Å². The van der Waals surface area contributed by atoms with Crippen LogP contribution in [0, 0.1) is 12.3 Å². The van der Waals surface area contributed by atoms with Crippen LogP contribution in [0.3, 0.4) is 0 Å². The molecule has 0 atom stereocenters. The Bertz CT molecular complexity index is 149. The summed E-state index contributed by atoms with van der Waals surface area (Å²) in [5.74, 6) is 2.38. The van der Waals surface area contributed by atoms with Gasteiger partial charge in [0.2, 0.25) is 0 Å². The Morgan fingerprint density at radius 3 is 2.90 bits per heavy atom. The number of allylic oxidation sites excluding steroid dienone is 3. The van der Waals surface area contributed by atoms with E-state index in [1.54, 1.807) is 0 Å². The second-order valence-electron chi connectivity index (χ2n) is 1.67. The maximum atomic E-state index is 4.97. The Morgan fingerprint density at radius 2 is 2.30 bits per heavy atom. The zero-order valence-corrected chi connectivity index (χ0v) is 6.21. The van der Waals surface area contributed by atoms with Crippen molar-refractivity contribution in [1.82, 2.24) is 0 Å². The number of terminal acetylenes is 1. The molecule has 1 nitrogen and oxygen atoms in total. The van der Waals surface area contributed by atoms with Crippen molar-refractivity contribution in [2.75, 3.05) is 13.2 Å². The van der Waals surface area contributed by atoms with Crippen molar-refractivity contribution in [3.63, 3.8) is 0 Å². The molecule has 0 saturated carbocycles. The smallest absolute Gasteiger partial charge is 0.107 e. The molecule has 0 aliphatic heterocycles. The first-order valence-electron chi connectivity index (χ1n) is 3.21. The van der Waals surface area contributed by atoms with Gasteiger partial charge in [0.05, 0.1) is 6.61 Å². The van der Waals surface area contributed by atoms with Crippen LogP contribution in [0.15, 0.2) is 24.3 Å². The van der Waals surface area contributed by atoms with Crippen LogP contribution in [0.5, 0.6) is 0 Å².